The van der Waals surface area contributed by atoms with Gasteiger partial charge in [-0.1, -0.05) is 6.07 Å². The minimum atomic E-state index is -1.40. The number of carbonyl (C=O) groups excluding carboxylic acids is 2. The lowest BCUT2D eigenvalue weighted by molar-refractivity contribution is -0.129. The summed E-state index contributed by atoms with van der Waals surface area (Å²) >= 11 is 0. The van der Waals surface area contributed by atoms with E-state index < -0.39 is 41.3 Å². The fourth-order valence-electron chi connectivity index (χ4n) is 3.59. The minimum Gasteiger partial charge on any atom is -0.332 e. The van der Waals surface area contributed by atoms with E-state index >= 15 is 0 Å². The monoisotopic (exact) mass is 390 g/mol. The van der Waals surface area contributed by atoms with E-state index in [1.165, 1.54) is 0 Å². The first-order valence-corrected chi connectivity index (χ1v) is 8.87. The Morgan fingerprint density at radius 2 is 2.00 bits per heavy atom. The number of nitrogens with zero attached hydrogens (tertiary/aromatic N) is 2. The molecule has 1 aliphatic carbocycles. The van der Waals surface area contributed by atoms with Gasteiger partial charge in [0.05, 0.1) is 17.8 Å². The van der Waals surface area contributed by atoms with Crippen LogP contribution in [0.2, 0.25) is 0 Å². The molecule has 2 atom stereocenters. The summed E-state index contributed by atoms with van der Waals surface area (Å²) in [5.41, 5.74) is 0.157. The van der Waals surface area contributed by atoms with Gasteiger partial charge in [-0.25, -0.2) is 18.0 Å². The summed E-state index contributed by atoms with van der Waals surface area (Å²) in [4.78, 5) is 30.7. The second kappa shape index (κ2) is 7.14. The number of hydrogen-bond acceptors (Lipinski definition) is 3. The molecule has 146 valence electrons. The molecule has 6 nitrogen and oxygen atoms in total. The van der Waals surface area contributed by atoms with Crippen molar-refractivity contribution in [3.05, 3.63) is 59.7 Å². The van der Waals surface area contributed by atoms with E-state index in [-0.39, 0.29) is 18.4 Å². The van der Waals surface area contributed by atoms with Gasteiger partial charge in [0.15, 0.2) is 11.6 Å². The molecule has 0 spiro atoms. The molecule has 0 bridgehead atoms. The zero-order valence-electron chi connectivity index (χ0n) is 14.7. The second-order valence-electron chi connectivity index (χ2n) is 6.92. The number of halogens is 3. The van der Waals surface area contributed by atoms with Gasteiger partial charge in [-0.15, -0.1) is 0 Å². The number of urea groups is 1. The molecule has 0 radical (unpaired) electrons. The van der Waals surface area contributed by atoms with Crippen LogP contribution in [0.15, 0.2) is 36.7 Å². The third kappa shape index (κ3) is 3.51. The predicted octanol–water partition coefficient (Wildman–Crippen LogP) is 3.13. The number of rotatable bonds is 4. The number of nitrogens with one attached hydrogen (secondary N) is 2. The van der Waals surface area contributed by atoms with E-state index in [1.807, 2.05) is 6.07 Å². The maximum absolute atomic E-state index is 13.8. The SMILES string of the molecule is O=C(Nc1cc(F)cc(F)c1F)N[C@@H]1CC(=O)N(C2CC2)[C@H]1c1cccnc1. The van der Waals surface area contributed by atoms with Gasteiger partial charge in [-0.3, -0.25) is 9.78 Å². The molecule has 28 heavy (non-hydrogen) atoms. The molecule has 2 aromatic rings. The van der Waals surface area contributed by atoms with Gasteiger partial charge in [0, 0.05) is 37.0 Å². The predicted molar refractivity (Wildman–Crippen MR) is 93.7 cm³/mol. The number of likely N-dealkylation sites (tertiary alicyclic amines) is 1. The van der Waals surface area contributed by atoms with Gasteiger partial charge < -0.3 is 15.5 Å². The summed E-state index contributed by atoms with van der Waals surface area (Å²) < 4.78 is 40.4. The van der Waals surface area contributed by atoms with Crippen molar-refractivity contribution in [3.63, 3.8) is 0 Å². The molecular weight excluding hydrogens is 373 g/mol. The Bertz CT molecular complexity index is 921. The van der Waals surface area contributed by atoms with Crippen molar-refractivity contribution in [1.29, 1.82) is 0 Å². The first-order chi connectivity index (χ1) is 13.4. The van der Waals surface area contributed by atoms with Crippen LogP contribution < -0.4 is 10.6 Å². The number of amides is 3. The standard InChI is InChI=1S/C19H17F3N4O2/c20-11-6-13(21)17(22)14(7-11)24-19(28)25-15-8-16(27)26(12-3-4-12)18(15)10-2-1-5-23-9-10/h1-2,5-7,9,12,15,18H,3-4,8H2,(H2,24,25,28)/t15-,18+/m1/s1. The average molecular weight is 390 g/mol. The van der Waals surface area contributed by atoms with Crippen molar-refractivity contribution in [3.8, 4) is 0 Å². The van der Waals surface area contributed by atoms with Crippen LogP contribution in [0.3, 0.4) is 0 Å². The maximum Gasteiger partial charge on any atom is 0.319 e. The zero-order valence-corrected chi connectivity index (χ0v) is 14.7. The van der Waals surface area contributed by atoms with Crippen molar-refractivity contribution in [2.75, 3.05) is 5.32 Å². The molecule has 0 unspecified atom stereocenters. The van der Waals surface area contributed by atoms with E-state index in [2.05, 4.69) is 15.6 Å². The molecule has 1 saturated carbocycles. The Balaban J connectivity index is 1.54. The van der Waals surface area contributed by atoms with Crippen molar-refractivity contribution < 1.29 is 22.8 Å². The number of benzene rings is 1. The first-order valence-electron chi connectivity index (χ1n) is 8.87. The van der Waals surface area contributed by atoms with E-state index in [0.717, 1.165) is 18.4 Å². The lowest BCUT2D eigenvalue weighted by Crippen LogP contribution is -2.42. The smallest absolute Gasteiger partial charge is 0.319 e. The Kier molecular flexibility index (Phi) is 4.66. The highest BCUT2D eigenvalue weighted by molar-refractivity contribution is 5.91. The van der Waals surface area contributed by atoms with Crippen molar-refractivity contribution in [2.45, 2.75) is 37.4 Å². The van der Waals surface area contributed by atoms with Crippen LogP contribution >= 0.6 is 0 Å². The number of aromatic nitrogens is 1. The third-order valence-corrected chi connectivity index (χ3v) is 4.89. The number of carbonyl (C=O) groups is 2. The summed E-state index contributed by atoms with van der Waals surface area (Å²) in [5.74, 6) is -3.87. The molecule has 1 aromatic heterocycles. The highest BCUT2D eigenvalue weighted by Gasteiger charge is 2.47. The van der Waals surface area contributed by atoms with Crippen LogP contribution in [0.4, 0.5) is 23.7 Å². The highest BCUT2D eigenvalue weighted by Crippen LogP contribution is 2.41. The van der Waals surface area contributed by atoms with Gasteiger partial charge in [0.25, 0.3) is 0 Å². The zero-order chi connectivity index (χ0) is 19.8. The summed E-state index contributed by atoms with van der Waals surface area (Å²) in [5, 5.41) is 4.75. The van der Waals surface area contributed by atoms with Crippen molar-refractivity contribution in [2.24, 2.45) is 0 Å². The molecule has 2 N–H and O–H groups in total. The molecule has 9 heteroatoms. The Labute approximate surface area is 158 Å². The highest BCUT2D eigenvalue weighted by atomic mass is 19.2. The van der Waals surface area contributed by atoms with E-state index in [1.54, 1.807) is 23.4 Å². The third-order valence-electron chi connectivity index (χ3n) is 4.89. The second-order valence-corrected chi connectivity index (χ2v) is 6.92. The number of hydrogen-bond donors (Lipinski definition) is 2. The molecule has 1 aliphatic heterocycles. The molecule has 2 heterocycles. The summed E-state index contributed by atoms with van der Waals surface area (Å²) in [7, 11) is 0. The van der Waals surface area contributed by atoms with Gasteiger partial charge in [0.2, 0.25) is 5.91 Å². The number of pyridine rings is 1. The van der Waals surface area contributed by atoms with E-state index in [9.17, 15) is 22.8 Å². The topological polar surface area (TPSA) is 74.3 Å². The lowest BCUT2D eigenvalue weighted by atomic mass is 10.0. The fourth-order valence-corrected chi connectivity index (χ4v) is 3.59. The van der Waals surface area contributed by atoms with Crippen LogP contribution in [0.5, 0.6) is 0 Å². The Morgan fingerprint density at radius 3 is 2.68 bits per heavy atom. The molecular formula is C19H17F3N4O2. The molecule has 1 aromatic carbocycles. The molecule has 2 aliphatic rings. The molecule has 1 saturated heterocycles. The minimum absolute atomic E-state index is 0.0729. The van der Waals surface area contributed by atoms with Crippen LogP contribution in [-0.2, 0) is 4.79 Å². The van der Waals surface area contributed by atoms with Gasteiger partial charge in [-0.05, 0) is 24.5 Å². The molecule has 3 amide bonds. The van der Waals surface area contributed by atoms with Crippen molar-refractivity contribution in [1.82, 2.24) is 15.2 Å². The summed E-state index contributed by atoms with van der Waals surface area (Å²) in [6.07, 6.45) is 5.11. The Hall–Kier alpha value is -3.10. The molecule has 4 rings (SSSR count). The van der Waals surface area contributed by atoms with Crippen LogP contribution in [0, 0.1) is 17.5 Å². The van der Waals surface area contributed by atoms with Crippen molar-refractivity contribution >= 4 is 17.6 Å². The normalized spacial score (nSPS) is 21.7. The Morgan fingerprint density at radius 1 is 1.21 bits per heavy atom. The van der Waals surface area contributed by atoms with E-state index in [4.69, 9.17) is 0 Å². The summed E-state index contributed by atoms with van der Waals surface area (Å²) in [6.45, 7) is 0. The van der Waals surface area contributed by atoms with Crippen LogP contribution in [-0.4, -0.2) is 33.9 Å². The lowest BCUT2D eigenvalue weighted by Gasteiger charge is -2.28. The average Bonchev–Trinajstić information content (AvgIpc) is 3.43. The maximum atomic E-state index is 13.8. The first kappa shape index (κ1) is 18.3. The molecule has 2 fully saturated rings. The summed E-state index contributed by atoms with van der Waals surface area (Å²) in [6, 6.07) is 2.92. The number of anilines is 1. The van der Waals surface area contributed by atoms with Crippen LogP contribution in [0.1, 0.15) is 30.9 Å². The quantitative estimate of drug-likeness (QED) is 0.788. The fraction of sp³-hybridized carbons (Fsp3) is 0.316. The van der Waals surface area contributed by atoms with Gasteiger partial charge >= 0.3 is 6.03 Å². The van der Waals surface area contributed by atoms with Crippen LogP contribution in [0.25, 0.3) is 0 Å². The van der Waals surface area contributed by atoms with E-state index in [0.29, 0.717) is 12.1 Å². The van der Waals surface area contributed by atoms with Gasteiger partial charge in [-0.2, -0.15) is 0 Å². The largest absolute Gasteiger partial charge is 0.332 e. The van der Waals surface area contributed by atoms with Gasteiger partial charge in [0.1, 0.15) is 5.82 Å².